The zero-order chi connectivity index (χ0) is 21.6. The normalized spacial score (nSPS) is 11.6. The van der Waals surface area contributed by atoms with Crippen LogP contribution in [-0.4, -0.2) is 41.6 Å². The molecule has 1 aromatic heterocycles. The summed E-state index contributed by atoms with van der Waals surface area (Å²) >= 11 is 8.88. The van der Waals surface area contributed by atoms with Crippen molar-refractivity contribution in [2.45, 2.75) is 16.6 Å². The Balaban J connectivity index is 1.59. The highest BCUT2D eigenvalue weighted by Gasteiger charge is 2.22. The number of carbonyl (C=O) groups is 1. The van der Waals surface area contributed by atoms with Gasteiger partial charge in [0.15, 0.2) is 4.34 Å². The number of nitrogens with zero attached hydrogens (tertiary/aromatic N) is 3. The largest absolute Gasteiger partial charge is 0.299 e. The second-order valence-electron chi connectivity index (χ2n) is 6.32. The summed E-state index contributed by atoms with van der Waals surface area (Å²) in [6.45, 7) is -0.351. The molecule has 11 heteroatoms. The first kappa shape index (κ1) is 22.7. The Morgan fingerprint density at radius 1 is 1.13 bits per heavy atom. The van der Waals surface area contributed by atoms with Gasteiger partial charge in [0.25, 0.3) is 0 Å². The van der Waals surface area contributed by atoms with Crippen molar-refractivity contribution in [1.29, 1.82) is 0 Å². The van der Waals surface area contributed by atoms with Gasteiger partial charge in [0.2, 0.25) is 21.1 Å². The summed E-state index contributed by atoms with van der Waals surface area (Å²) in [6, 6.07) is 16.9. The molecule has 3 rings (SSSR count). The van der Waals surface area contributed by atoms with E-state index in [0.29, 0.717) is 20.1 Å². The molecule has 0 unspecified atom stereocenters. The van der Waals surface area contributed by atoms with Crippen LogP contribution in [0.2, 0.25) is 5.02 Å². The maximum Gasteiger partial charge on any atom is 0.241 e. The van der Waals surface area contributed by atoms with E-state index in [0.717, 1.165) is 21.9 Å². The predicted molar refractivity (Wildman–Crippen MR) is 121 cm³/mol. The molecule has 30 heavy (non-hydrogen) atoms. The molecule has 0 atom stereocenters. The van der Waals surface area contributed by atoms with Crippen molar-refractivity contribution in [3.8, 4) is 0 Å². The molecule has 0 radical (unpaired) electrons. The van der Waals surface area contributed by atoms with Crippen LogP contribution in [0.15, 0.2) is 58.9 Å². The summed E-state index contributed by atoms with van der Waals surface area (Å²) in [4.78, 5) is 12.4. The molecule has 7 nitrogen and oxygen atoms in total. The summed E-state index contributed by atoms with van der Waals surface area (Å²) in [7, 11) is -3.62. The Morgan fingerprint density at radius 2 is 1.83 bits per heavy atom. The summed E-state index contributed by atoms with van der Waals surface area (Å²) in [5.74, 6) is 0.242. The van der Waals surface area contributed by atoms with Gasteiger partial charge in [-0.05, 0) is 17.2 Å². The van der Waals surface area contributed by atoms with E-state index in [9.17, 15) is 13.2 Å². The highest BCUT2D eigenvalue weighted by Crippen LogP contribution is 2.28. The van der Waals surface area contributed by atoms with Gasteiger partial charge in [0.1, 0.15) is 0 Å². The molecule has 3 aromatic rings. The standard InChI is InChI=1S/C19H19ClN4O3S3/c1-30(26,27)24(11-15-9-5-6-10-16(15)20)12-17(25)21-18-22-23-19(29-18)28-13-14-7-3-2-4-8-14/h2-10H,11-13H2,1H3,(H,21,22,25). The average Bonchev–Trinajstić information content (AvgIpc) is 3.15. The third-order valence-electron chi connectivity index (χ3n) is 3.95. The molecule has 1 amide bonds. The van der Waals surface area contributed by atoms with Crippen molar-refractivity contribution in [3.05, 3.63) is 70.7 Å². The number of thioether (sulfide) groups is 1. The Bertz CT molecular complexity index is 1110. The molecule has 0 saturated carbocycles. The van der Waals surface area contributed by atoms with Crippen LogP contribution in [0.1, 0.15) is 11.1 Å². The molecule has 0 spiro atoms. The van der Waals surface area contributed by atoms with Gasteiger partial charge in [0, 0.05) is 17.3 Å². The molecule has 0 saturated heterocycles. The molecule has 1 heterocycles. The summed E-state index contributed by atoms with van der Waals surface area (Å²) < 4.78 is 26.0. The van der Waals surface area contributed by atoms with Gasteiger partial charge in [-0.1, -0.05) is 83.2 Å². The molecule has 1 N–H and O–H groups in total. The monoisotopic (exact) mass is 482 g/mol. The number of anilines is 1. The minimum Gasteiger partial charge on any atom is -0.299 e. The van der Waals surface area contributed by atoms with E-state index in [1.807, 2.05) is 30.3 Å². The Labute approximate surface area is 188 Å². The third-order valence-corrected chi connectivity index (χ3v) is 7.56. The van der Waals surface area contributed by atoms with Gasteiger partial charge in [-0.15, -0.1) is 10.2 Å². The highest BCUT2D eigenvalue weighted by molar-refractivity contribution is 8.00. The number of rotatable bonds is 9. The minimum atomic E-state index is -3.62. The highest BCUT2D eigenvalue weighted by atomic mass is 35.5. The maximum absolute atomic E-state index is 12.4. The number of nitrogens with one attached hydrogen (secondary N) is 1. The van der Waals surface area contributed by atoms with Crippen LogP contribution in [0, 0.1) is 0 Å². The lowest BCUT2D eigenvalue weighted by Gasteiger charge is -2.19. The molecule has 0 fully saturated rings. The van der Waals surface area contributed by atoms with Crippen molar-refractivity contribution in [3.63, 3.8) is 0 Å². The molecular weight excluding hydrogens is 464 g/mol. The Hall–Kier alpha value is -1.98. The number of hydrogen-bond donors (Lipinski definition) is 1. The van der Waals surface area contributed by atoms with E-state index >= 15 is 0 Å². The van der Waals surface area contributed by atoms with Gasteiger partial charge >= 0.3 is 0 Å². The van der Waals surface area contributed by atoms with Gasteiger partial charge in [-0.25, -0.2) is 8.42 Å². The Kier molecular flexibility index (Phi) is 7.84. The molecule has 2 aromatic carbocycles. The second-order valence-corrected chi connectivity index (χ2v) is 10.9. The van der Waals surface area contributed by atoms with Crippen LogP contribution in [-0.2, 0) is 27.1 Å². The number of amides is 1. The predicted octanol–water partition coefficient (Wildman–Crippen LogP) is 3.88. The van der Waals surface area contributed by atoms with Crippen molar-refractivity contribution in [2.24, 2.45) is 0 Å². The fourth-order valence-electron chi connectivity index (χ4n) is 2.46. The van der Waals surface area contributed by atoms with Crippen molar-refractivity contribution < 1.29 is 13.2 Å². The summed E-state index contributed by atoms with van der Waals surface area (Å²) in [5.41, 5.74) is 1.78. The van der Waals surface area contributed by atoms with E-state index in [4.69, 9.17) is 11.6 Å². The third kappa shape index (κ3) is 6.78. The minimum absolute atomic E-state index is 0.000221. The second kappa shape index (κ2) is 10.4. The van der Waals surface area contributed by atoms with Crippen LogP contribution < -0.4 is 5.32 Å². The lowest BCUT2D eigenvalue weighted by atomic mass is 10.2. The SMILES string of the molecule is CS(=O)(=O)N(CC(=O)Nc1nnc(SCc2ccccc2)s1)Cc1ccccc1Cl. The number of carbonyl (C=O) groups excluding carboxylic acids is 1. The number of sulfonamides is 1. The first-order valence-corrected chi connectivity index (χ1v) is 12.8. The number of aromatic nitrogens is 2. The van der Waals surface area contributed by atoms with E-state index in [1.54, 1.807) is 24.3 Å². The zero-order valence-corrected chi connectivity index (χ0v) is 19.2. The number of hydrogen-bond acceptors (Lipinski definition) is 7. The summed E-state index contributed by atoms with van der Waals surface area (Å²) in [6.07, 6.45) is 1.06. The van der Waals surface area contributed by atoms with Crippen LogP contribution in [0.5, 0.6) is 0 Å². The van der Waals surface area contributed by atoms with Crippen LogP contribution in [0.3, 0.4) is 0 Å². The van der Waals surface area contributed by atoms with Gasteiger partial charge in [-0.3, -0.25) is 10.1 Å². The molecule has 0 bridgehead atoms. The Morgan fingerprint density at radius 3 is 2.53 bits per heavy atom. The van der Waals surface area contributed by atoms with E-state index in [2.05, 4.69) is 15.5 Å². The lowest BCUT2D eigenvalue weighted by Crippen LogP contribution is -2.37. The van der Waals surface area contributed by atoms with Crippen LogP contribution in [0.4, 0.5) is 5.13 Å². The molecule has 0 aliphatic heterocycles. The fraction of sp³-hybridized carbons (Fsp3) is 0.211. The fourth-order valence-corrected chi connectivity index (χ4v) is 5.11. The van der Waals surface area contributed by atoms with Gasteiger partial charge < -0.3 is 0 Å². The topological polar surface area (TPSA) is 92.3 Å². The van der Waals surface area contributed by atoms with Crippen molar-refractivity contribution in [1.82, 2.24) is 14.5 Å². The van der Waals surface area contributed by atoms with Gasteiger partial charge in [0.05, 0.1) is 12.8 Å². The van der Waals surface area contributed by atoms with E-state index in [-0.39, 0.29) is 13.1 Å². The smallest absolute Gasteiger partial charge is 0.241 e. The lowest BCUT2D eigenvalue weighted by molar-refractivity contribution is -0.116. The molecule has 0 aliphatic carbocycles. The van der Waals surface area contributed by atoms with E-state index < -0.39 is 15.9 Å². The van der Waals surface area contributed by atoms with Crippen molar-refractivity contribution in [2.75, 3.05) is 18.1 Å². The average molecular weight is 483 g/mol. The quantitative estimate of drug-likeness (QED) is 0.367. The number of benzene rings is 2. The van der Waals surface area contributed by atoms with Crippen molar-refractivity contribution >= 4 is 55.8 Å². The van der Waals surface area contributed by atoms with Crippen LogP contribution in [0.25, 0.3) is 0 Å². The first-order chi connectivity index (χ1) is 14.3. The zero-order valence-electron chi connectivity index (χ0n) is 16.0. The number of halogens is 1. The maximum atomic E-state index is 12.4. The first-order valence-electron chi connectivity index (χ1n) is 8.80. The summed E-state index contributed by atoms with van der Waals surface area (Å²) in [5, 5.41) is 11.4. The molecule has 0 aliphatic rings. The molecule has 158 valence electrons. The molecular formula is C19H19ClN4O3S3. The van der Waals surface area contributed by atoms with Crippen LogP contribution >= 0.6 is 34.7 Å². The van der Waals surface area contributed by atoms with Gasteiger partial charge in [-0.2, -0.15) is 4.31 Å². The van der Waals surface area contributed by atoms with E-state index in [1.165, 1.54) is 23.1 Å².